The Labute approximate surface area is 139 Å². The van der Waals surface area contributed by atoms with E-state index < -0.39 is 0 Å². The van der Waals surface area contributed by atoms with Crippen LogP contribution in [0.2, 0.25) is 0 Å². The highest BCUT2D eigenvalue weighted by atomic mass is 79.9. The molecule has 112 valence electrons. The minimum Gasteiger partial charge on any atom is -0.310 e. The number of nitrogens with one attached hydrogen (secondary N) is 1. The molecule has 0 amide bonds. The van der Waals surface area contributed by atoms with E-state index >= 15 is 0 Å². The van der Waals surface area contributed by atoms with Gasteiger partial charge in [-0.2, -0.15) is 0 Å². The van der Waals surface area contributed by atoms with E-state index in [1.54, 1.807) is 11.8 Å². The predicted octanol–water partition coefficient (Wildman–Crippen LogP) is 4.51. The Morgan fingerprint density at radius 3 is 2.62 bits per heavy atom. The van der Waals surface area contributed by atoms with Crippen molar-refractivity contribution in [2.24, 2.45) is 0 Å². The Morgan fingerprint density at radius 2 is 2.00 bits per heavy atom. The maximum absolute atomic E-state index is 4.63. The summed E-state index contributed by atoms with van der Waals surface area (Å²) in [7, 11) is 0. The predicted molar refractivity (Wildman–Crippen MR) is 92.6 cm³/mol. The van der Waals surface area contributed by atoms with Crippen molar-refractivity contribution in [2.45, 2.75) is 37.5 Å². The first kappa shape index (κ1) is 16.5. The van der Waals surface area contributed by atoms with Crippen molar-refractivity contribution in [3.8, 4) is 0 Å². The molecule has 2 rings (SSSR count). The maximum Gasteiger partial charge on any atom is 0.138 e. The molecule has 0 aliphatic carbocycles. The second-order valence-electron chi connectivity index (χ2n) is 4.85. The molecule has 3 nitrogen and oxygen atoms in total. The van der Waals surface area contributed by atoms with Crippen molar-refractivity contribution >= 4 is 27.7 Å². The van der Waals surface area contributed by atoms with E-state index in [9.17, 15) is 0 Å². The fourth-order valence-electron chi connectivity index (χ4n) is 2.11. The Balaban J connectivity index is 2.01. The minimum atomic E-state index is 0.295. The first-order valence-corrected chi connectivity index (χ1v) is 8.82. The third-order valence-corrected chi connectivity index (χ3v) is 4.76. The Hall–Kier alpha value is -0.910. The normalized spacial score (nSPS) is 12.4. The molecule has 1 aromatic heterocycles. The smallest absolute Gasteiger partial charge is 0.138 e. The Bertz CT molecular complexity index is 587. The third kappa shape index (κ3) is 4.80. The molecule has 0 fully saturated rings. The van der Waals surface area contributed by atoms with Gasteiger partial charge < -0.3 is 5.32 Å². The Kier molecular flexibility index (Phi) is 6.21. The van der Waals surface area contributed by atoms with Gasteiger partial charge >= 0.3 is 0 Å². The van der Waals surface area contributed by atoms with Crippen LogP contribution >= 0.6 is 27.7 Å². The molecule has 1 atom stereocenters. The molecular weight excluding hydrogens is 346 g/mol. The van der Waals surface area contributed by atoms with Crippen LogP contribution in [0.25, 0.3) is 0 Å². The molecule has 0 radical (unpaired) electrons. The molecular formula is C16H20BrN3S. The van der Waals surface area contributed by atoms with Gasteiger partial charge in [-0.3, -0.25) is 0 Å². The molecule has 2 aromatic rings. The zero-order valence-electron chi connectivity index (χ0n) is 12.6. The molecule has 0 aliphatic rings. The van der Waals surface area contributed by atoms with Crippen LogP contribution in [0.5, 0.6) is 0 Å². The average Bonchev–Trinajstić information content (AvgIpc) is 2.47. The van der Waals surface area contributed by atoms with E-state index in [4.69, 9.17) is 0 Å². The van der Waals surface area contributed by atoms with Crippen LogP contribution in [0.1, 0.15) is 37.0 Å². The van der Waals surface area contributed by atoms with Crippen molar-refractivity contribution in [3.05, 3.63) is 52.0 Å². The summed E-state index contributed by atoms with van der Waals surface area (Å²) >= 11 is 5.20. The van der Waals surface area contributed by atoms with E-state index in [2.05, 4.69) is 76.3 Å². The van der Waals surface area contributed by atoms with Crippen LogP contribution in [0, 0.1) is 6.92 Å². The fourth-order valence-corrected chi connectivity index (χ4v) is 3.14. The zero-order valence-corrected chi connectivity index (χ0v) is 15.0. The van der Waals surface area contributed by atoms with Crippen molar-refractivity contribution in [3.63, 3.8) is 0 Å². The first-order chi connectivity index (χ1) is 10.1. The lowest BCUT2D eigenvalue weighted by molar-refractivity contribution is 0.589. The van der Waals surface area contributed by atoms with Crippen LogP contribution in [-0.2, 0) is 5.75 Å². The van der Waals surface area contributed by atoms with Gasteiger partial charge in [0, 0.05) is 32.9 Å². The van der Waals surface area contributed by atoms with Crippen LogP contribution in [0.15, 0.2) is 39.8 Å². The van der Waals surface area contributed by atoms with Gasteiger partial charge in [-0.15, -0.1) is 11.8 Å². The van der Waals surface area contributed by atoms with Crippen LogP contribution < -0.4 is 5.32 Å². The topological polar surface area (TPSA) is 37.8 Å². The number of aryl methyl sites for hydroxylation is 1. The first-order valence-electron chi connectivity index (χ1n) is 7.04. The second-order valence-corrected chi connectivity index (χ2v) is 6.81. The largest absolute Gasteiger partial charge is 0.310 e. The van der Waals surface area contributed by atoms with Gasteiger partial charge in [0.2, 0.25) is 0 Å². The monoisotopic (exact) mass is 365 g/mol. The van der Waals surface area contributed by atoms with Crippen molar-refractivity contribution in [1.29, 1.82) is 0 Å². The number of thioether (sulfide) groups is 1. The van der Waals surface area contributed by atoms with Gasteiger partial charge in [0.1, 0.15) is 5.82 Å². The fraction of sp³-hybridized carbons (Fsp3) is 0.375. The third-order valence-electron chi connectivity index (χ3n) is 3.23. The number of benzene rings is 1. The van der Waals surface area contributed by atoms with E-state index in [-0.39, 0.29) is 0 Å². The number of hydrogen-bond acceptors (Lipinski definition) is 4. The van der Waals surface area contributed by atoms with Crippen LogP contribution in [-0.4, -0.2) is 16.5 Å². The summed E-state index contributed by atoms with van der Waals surface area (Å²) in [6.45, 7) is 7.25. The van der Waals surface area contributed by atoms with E-state index in [0.717, 1.165) is 28.3 Å². The van der Waals surface area contributed by atoms with Crippen LogP contribution in [0.4, 0.5) is 0 Å². The molecule has 0 saturated carbocycles. The maximum atomic E-state index is 4.63. The van der Waals surface area contributed by atoms with Gasteiger partial charge in [0.25, 0.3) is 0 Å². The number of halogens is 1. The van der Waals surface area contributed by atoms with Gasteiger partial charge in [-0.25, -0.2) is 9.97 Å². The van der Waals surface area contributed by atoms with Gasteiger partial charge in [0.05, 0.1) is 5.75 Å². The Morgan fingerprint density at radius 1 is 1.29 bits per heavy atom. The molecule has 1 N–H and O–H groups in total. The lowest BCUT2D eigenvalue weighted by atomic mass is 10.1. The molecule has 1 aromatic carbocycles. The quantitative estimate of drug-likeness (QED) is 0.764. The standard InChI is InChI=1S/C16H20BrN3S/c1-4-18-11(2)15-9-19-16(20-12(15)3)10-21-14-7-5-13(17)6-8-14/h5-9,11,18H,4,10H2,1-3H3. The summed E-state index contributed by atoms with van der Waals surface area (Å²) in [5.41, 5.74) is 2.24. The van der Waals surface area contributed by atoms with Gasteiger partial charge in [0.15, 0.2) is 0 Å². The second kappa shape index (κ2) is 7.92. The molecule has 0 bridgehead atoms. The minimum absolute atomic E-state index is 0.295. The highest BCUT2D eigenvalue weighted by molar-refractivity contribution is 9.10. The summed E-state index contributed by atoms with van der Waals surface area (Å²) in [6, 6.07) is 8.60. The van der Waals surface area contributed by atoms with Gasteiger partial charge in [-0.05, 0) is 44.7 Å². The number of rotatable bonds is 6. The van der Waals surface area contributed by atoms with E-state index in [1.807, 2.05) is 6.20 Å². The van der Waals surface area contributed by atoms with Crippen molar-refractivity contribution in [1.82, 2.24) is 15.3 Å². The van der Waals surface area contributed by atoms with Crippen molar-refractivity contribution in [2.75, 3.05) is 6.54 Å². The van der Waals surface area contributed by atoms with Crippen LogP contribution in [0.3, 0.4) is 0 Å². The lowest BCUT2D eigenvalue weighted by Crippen LogP contribution is -2.19. The molecule has 5 heteroatoms. The summed E-state index contributed by atoms with van der Waals surface area (Å²) in [5, 5.41) is 3.40. The highest BCUT2D eigenvalue weighted by Crippen LogP contribution is 2.24. The van der Waals surface area contributed by atoms with E-state index in [1.165, 1.54) is 10.5 Å². The number of aromatic nitrogens is 2. The summed E-state index contributed by atoms with van der Waals surface area (Å²) in [6.07, 6.45) is 1.95. The van der Waals surface area contributed by atoms with Gasteiger partial charge in [-0.1, -0.05) is 22.9 Å². The van der Waals surface area contributed by atoms with E-state index in [0.29, 0.717) is 6.04 Å². The summed E-state index contributed by atoms with van der Waals surface area (Å²) in [5.74, 6) is 1.67. The summed E-state index contributed by atoms with van der Waals surface area (Å²) in [4.78, 5) is 10.3. The highest BCUT2D eigenvalue weighted by Gasteiger charge is 2.10. The van der Waals surface area contributed by atoms with Crippen molar-refractivity contribution < 1.29 is 0 Å². The zero-order chi connectivity index (χ0) is 15.2. The molecule has 0 saturated heterocycles. The SMILES string of the molecule is CCNC(C)c1cnc(CSc2ccc(Br)cc2)nc1C. The molecule has 0 spiro atoms. The lowest BCUT2D eigenvalue weighted by Gasteiger charge is -2.14. The molecule has 1 heterocycles. The molecule has 0 aliphatic heterocycles. The average molecular weight is 366 g/mol. The summed E-state index contributed by atoms with van der Waals surface area (Å²) < 4.78 is 1.10. The number of hydrogen-bond donors (Lipinski definition) is 1. The molecule has 1 unspecified atom stereocenters. The molecule has 21 heavy (non-hydrogen) atoms. The number of nitrogens with zero attached hydrogens (tertiary/aromatic N) is 2.